The van der Waals surface area contributed by atoms with Crippen LogP contribution in [0.2, 0.25) is 0 Å². The minimum atomic E-state index is -5.02. The molecule has 1 fully saturated rings. The van der Waals surface area contributed by atoms with E-state index < -0.39 is 65.0 Å². The predicted molar refractivity (Wildman–Crippen MR) is 149 cm³/mol. The van der Waals surface area contributed by atoms with E-state index >= 15 is 0 Å². The highest BCUT2D eigenvalue weighted by molar-refractivity contribution is 7.47. The lowest BCUT2D eigenvalue weighted by atomic mass is 10.0. The van der Waals surface area contributed by atoms with Crippen molar-refractivity contribution in [3.63, 3.8) is 0 Å². The zero-order valence-electron chi connectivity index (χ0n) is 23.0. The molecule has 8 N–H and O–H groups in total. The van der Waals surface area contributed by atoms with Crippen LogP contribution in [0.15, 0.2) is 47.4 Å². The van der Waals surface area contributed by atoms with Gasteiger partial charge in [-0.15, -0.1) is 0 Å². The Labute approximate surface area is 246 Å². The number of carbonyl (C=O) groups excluding carboxylic acids is 1. The minimum absolute atomic E-state index is 0.123. The van der Waals surface area contributed by atoms with Crippen LogP contribution in [0.3, 0.4) is 0 Å². The largest absolute Gasteiger partial charge is 0.472 e. The fourth-order valence-electron chi connectivity index (χ4n) is 4.24. The second kappa shape index (κ2) is 16.0. The van der Waals surface area contributed by atoms with Gasteiger partial charge in [0.05, 0.1) is 19.6 Å². The second-order valence-electron chi connectivity index (χ2n) is 9.78. The summed E-state index contributed by atoms with van der Waals surface area (Å²) in [5.41, 5.74) is 5.41. The van der Waals surface area contributed by atoms with Crippen molar-refractivity contribution in [1.29, 1.82) is 0 Å². The quantitative estimate of drug-likeness (QED) is 0.0866. The van der Waals surface area contributed by atoms with E-state index in [-0.39, 0.29) is 24.8 Å². The van der Waals surface area contributed by atoms with Gasteiger partial charge in [0.1, 0.15) is 24.1 Å². The van der Waals surface area contributed by atoms with Gasteiger partial charge in [0, 0.05) is 25.3 Å². The Morgan fingerprint density at radius 1 is 1.14 bits per heavy atom. The van der Waals surface area contributed by atoms with Crippen molar-refractivity contribution in [2.75, 3.05) is 32.1 Å². The van der Waals surface area contributed by atoms with Crippen LogP contribution in [0.1, 0.15) is 31.1 Å². The molecular formula is C24H36N4O13P2. The Bertz CT molecular complexity index is 1340. The number of phosphoric acid groups is 2. The van der Waals surface area contributed by atoms with Gasteiger partial charge in [-0.1, -0.05) is 36.8 Å². The number of unbranched alkanes of at least 4 members (excludes halogenated alkanes) is 1. The number of nitrogens with zero attached hydrogens (tertiary/aromatic N) is 2. The van der Waals surface area contributed by atoms with E-state index in [1.807, 2.05) is 30.3 Å². The smallest absolute Gasteiger partial charge is 0.396 e. The summed E-state index contributed by atoms with van der Waals surface area (Å²) in [4.78, 5) is 56.3. The number of carbonyl (C=O) groups is 1. The normalized spacial score (nSPS) is 22.6. The van der Waals surface area contributed by atoms with E-state index in [9.17, 15) is 33.8 Å². The third kappa shape index (κ3) is 11.5. The number of anilines is 1. The van der Waals surface area contributed by atoms with Gasteiger partial charge in [0.25, 0.3) is 0 Å². The molecule has 3 rings (SSSR count). The number of hydrogen-bond donors (Lipinski definition) is 7. The molecule has 0 spiro atoms. The lowest BCUT2D eigenvalue weighted by molar-refractivity contribution is -0.120. The third-order valence-electron chi connectivity index (χ3n) is 6.40. The molecule has 0 aliphatic carbocycles. The minimum Gasteiger partial charge on any atom is -0.396 e. The first-order valence-electron chi connectivity index (χ1n) is 13.2. The van der Waals surface area contributed by atoms with Crippen molar-refractivity contribution in [3.05, 3.63) is 58.6 Å². The molecule has 1 aromatic carbocycles. The van der Waals surface area contributed by atoms with Crippen LogP contribution in [0, 0.1) is 5.92 Å². The highest BCUT2D eigenvalue weighted by atomic mass is 31.2. The van der Waals surface area contributed by atoms with Crippen molar-refractivity contribution in [3.8, 4) is 0 Å². The first-order valence-corrected chi connectivity index (χ1v) is 16.3. The van der Waals surface area contributed by atoms with E-state index in [0.29, 0.717) is 25.8 Å². The highest BCUT2D eigenvalue weighted by Gasteiger charge is 2.50. The summed E-state index contributed by atoms with van der Waals surface area (Å²) in [5, 5.41) is 23.3. The number of aromatic nitrogens is 2. The molecular weight excluding hydrogens is 614 g/mol. The first-order chi connectivity index (χ1) is 20.3. The van der Waals surface area contributed by atoms with Gasteiger partial charge in [-0.05, 0) is 24.5 Å². The van der Waals surface area contributed by atoms with Gasteiger partial charge in [0.15, 0.2) is 6.23 Å². The predicted octanol–water partition coefficient (Wildman–Crippen LogP) is -0.167. The van der Waals surface area contributed by atoms with E-state index in [1.54, 1.807) is 0 Å². The number of hydrogen-bond acceptors (Lipinski definition) is 12. The van der Waals surface area contributed by atoms with Crippen LogP contribution in [0.4, 0.5) is 5.82 Å². The summed E-state index contributed by atoms with van der Waals surface area (Å²) in [6, 6.07) is 10.5. The molecule has 240 valence electrons. The Morgan fingerprint density at radius 3 is 2.51 bits per heavy atom. The maximum Gasteiger partial charge on any atom is 0.472 e. The van der Waals surface area contributed by atoms with Gasteiger partial charge >= 0.3 is 21.3 Å². The topological polar surface area (TPSA) is 262 Å². The number of phosphoric ester groups is 2. The van der Waals surface area contributed by atoms with Gasteiger partial charge in [-0.3, -0.25) is 22.9 Å². The zero-order valence-corrected chi connectivity index (χ0v) is 24.7. The summed E-state index contributed by atoms with van der Waals surface area (Å²) in [7, 11) is -9.98. The molecule has 6 atom stereocenters. The monoisotopic (exact) mass is 650 g/mol. The van der Waals surface area contributed by atoms with E-state index in [4.69, 9.17) is 29.3 Å². The number of rotatable bonds is 17. The van der Waals surface area contributed by atoms with Gasteiger partial charge in [-0.2, -0.15) is 4.98 Å². The van der Waals surface area contributed by atoms with Crippen LogP contribution in [-0.2, 0) is 38.7 Å². The summed E-state index contributed by atoms with van der Waals surface area (Å²) >= 11 is 0. The van der Waals surface area contributed by atoms with E-state index in [1.165, 1.54) is 6.07 Å². The Morgan fingerprint density at radius 2 is 1.86 bits per heavy atom. The number of benzene rings is 1. The summed E-state index contributed by atoms with van der Waals surface area (Å²) in [5.74, 6) is -0.828. The SMILES string of the molecule is Nc1ccn([C@@H]2O[C@H](COP(=O)(O)O)C(OP(=O)(O)OCC(CO)CCCCNC(=O)Cc3ccccc3)C2O)c(=O)n1. The molecule has 1 aliphatic rings. The lowest BCUT2D eigenvalue weighted by Crippen LogP contribution is -2.37. The highest BCUT2D eigenvalue weighted by Crippen LogP contribution is 2.49. The molecule has 1 aromatic heterocycles. The van der Waals surface area contributed by atoms with Crippen LogP contribution >= 0.6 is 15.6 Å². The number of amides is 1. The van der Waals surface area contributed by atoms with Crippen molar-refractivity contribution in [2.45, 2.75) is 50.2 Å². The maximum absolute atomic E-state index is 12.8. The van der Waals surface area contributed by atoms with Crippen LogP contribution < -0.4 is 16.7 Å². The molecule has 1 aliphatic heterocycles. The molecule has 19 heteroatoms. The molecule has 0 bridgehead atoms. The van der Waals surface area contributed by atoms with Crippen molar-refractivity contribution in [2.24, 2.45) is 5.92 Å². The number of ether oxygens (including phenoxy) is 1. The molecule has 43 heavy (non-hydrogen) atoms. The van der Waals surface area contributed by atoms with Crippen LogP contribution in [0.25, 0.3) is 0 Å². The van der Waals surface area contributed by atoms with Crippen LogP contribution in [-0.4, -0.2) is 85.0 Å². The molecule has 17 nitrogen and oxygen atoms in total. The summed E-state index contributed by atoms with van der Waals surface area (Å²) in [6.07, 6.45) is -3.74. The summed E-state index contributed by atoms with van der Waals surface area (Å²) < 4.78 is 44.8. The lowest BCUT2D eigenvalue weighted by Gasteiger charge is -2.24. The molecule has 1 saturated heterocycles. The standard InChI is InChI=1S/C24H36N4O13P2/c25-19-9-11-28(24(32)27-19)23-21(31)22(18(40-23)15-38-42(33,34)35)41-43(36,37)39-14-17(13-29)8-4-5-10-26-20(30)12-16-6-2-1-3-7-16/h1-3,6-7,9,11,17-18,21-23,29,31H,4-5,8,10,12-15H2,(H,26,30)(H,36,37)(H2,25,27,32)(H2,33,34,35)/t17?,18-,21?,22?,23-/m1/s1. The zero-order chi connectivity index (χ0) is 31.6. The average Bonchev–Trinajstić information content (AvgIpc) is 3.23. The Kier molecular flexibility index (Phi) is 13.0. The number of nitrogens with one attached hydrogen (secondary N) is 1. The first kappa shape index (κ1) is 35.0. The van der Waals surface area contributed by atoms with Gasteiger partial charge in [-0.25, -0.2) is 13.9 Å². The van der Waals surface area contributed by atoms with E-state index in [0.717, 1.165) is 16.3 Å². The van der Waals surface area contributed by atoms with Gasteiger partial charge < -0.3 is 40.7 Å². The van der Waals surface area contributed by atoms with Crippen molar-refractivity contribution in [1.82, 2.24) is 14.9 Å². The molecule has 0 saturated carbocycles. The Hall–Kier alpha value is -2.53. The average molecular weight is 651 g/mol. The fourth-order valence-corrected chi connectivity index (χ4v) is 5.61. The van der Waals surface area contributed by atoms with Gasteiger partial charge in [0.2, 0.25) is 5.91 Å². The number of aliphatic hydroxyl groups is 2. The number of nitrogen functional groups attached to an aromatic ring is 1. The molecule has 2 aromatic rings. The van der Waals surface area contributed by atoms with Crippen molar-refractivity contribution < 1.29 is 57.1 Å². The number of aliphatic hydroxyl groups excluding tert-OH is 2. The third-order valence-corrected chi connectivity index (χ3v) is 7.87. The molecule has 0 radical (unpaired) electrons. The maximum atomic E-state index is 12.8. The molecule has 1 amide bonds. The Balaban J connectivity index is 1.52. The van der Waals surface area contributed by atoms with Crippen LogP contribution in [0.5, 0.6) is 0 Å². The fraction of sp³-hybridized carbons (Fsp3) is 0.542. The summed E-state index contributed by atoms with van der Waals surface area (Å²) in [6.45, 7) is -1.29. The van der Waals surface area contributed by atoms with Crippen molar-refractivity contribution >= 4 is 27.4 Å². The second-order valence-corrected chi connectivity index (χ2v) is 12.4. The molecule has 4 unspecified atom stereocenters. The molecule has 2 heterocycles. The van der Waals surface area contributed by atoms with E-state index in [2.05, 4.69) is 14.8 Å². The number of nitrogens with two attached hydrogens (primary N) is 1.